The Morgan fingerprint density at radius 1 is 0.917 bits per heavy atom. The number of hydrogen-bond donors (Lipinski definition) is 1. The van der Waals surface area contributed by atoms with Gasteiger partial charge in [-0.15, -0.1) is 0 Å². The molecule has 3 aromatic carbocycles. The predicted octanol–water partition coefficient (Wildman–Crippen LogP) is 6.37. The highest BCUT2D eigenvalue weighted by atomic mass is 35.5. The van der Waals surface area contributed by atoms with Crippen molar-refractivity contribution in [1.82, 2.24) is 10.2 Å². The lowest BCUT2D eigenvalue weighted by Gasteiger charge is -2.33. The zero-order valence-corrected chi connectivity index (χ0v) is 21.4. The van der Waals surface area contributed by atoms with Crippen molar-refractivity contribution >= 4 is 35.0 Å². The lowest BCUT2D eigenvalue weighted by Crippen LogP contribution is -2.52. The number of carbonyl (C=O) groups is 2. The van der Waals surface area contributed by atoms with Gasteiger partial charge in [-0.05, 0) is 42.2 Å². The van der Waals surface area contributed by atoms with Crippen LogP contribution in [0.2, 0.25) is 10.0 Å². The first-order valence-corrected chi connectivity index (χ1v) is 13.0. The van der Waals surface area contributed by atoms with Gasteiger partial charge in [0.25, 0.3) is 0 Å². The average Bonchev–Trinajstić information content (AvgIpc) is 3.38. The van der Waals surface area contributed by atoms with Crippen molar-refractivity contribution in [2.75, 3.05) is 0 Å². The summed E-state index contributed by atoms with van der Waals surface area (Å²) in [5.74, 6) is -1.06. The first-order chi connectivity index (χ1) is 17.4. The molecule has 4 rings (SSSR count). The molecule has 0 saturated heterocycles. The van der Waals surface area contributed by atoms with E-state index in [9.17, 15) is 14.0 Å². The van der Waals surface area contributed by atoms with Gasteiger partial charge in [0.05, 0.1) is 6.42 Å². The smallest absolute Gasteiger partial charge is 0.243 e. The van der Waals surface area contributed by atoms with Gasteiger partial charge in [-0.1, -0.05) is 90.6 Å². The molecular weight excluding hydrogens is 498 g/mol. The van der Waals surface area contributed by atoms with E-state index in [1.165, 1.54) is 11.0 Å². The van der Waals surface area contributed by atoms with E-state index in [4.69, 9.17) is 23.2 Å². The normalized spacial score (nSPS) is 14.4. The zero-order chi connectivity index (χ0) is 25.5. The van der Waals surface area contributed by atoms with E-state index in [1.807, 2.05) is 30.3 Å². The fraction of sp³-hybridized carbons (Fsp3) is 0.310. The number of benzene rings is 3. The summed E-state index contributed by atoms with van der Waals surface area (Å²) < 4.78 is 14.5. The van der Waals surface area contributed by atoms with Gasteiger partial charge < -0.3 is 10.2 Å². The van der Waals surface area contributed by atoms with Gasteiger partial charge >= 0.3 is 0 Å². The molecule has 0 radical (unpaired) electrons. The molecule has 1 N–H and O–H groups in total. The highest BCUT2D eigenvalue weighted by Gasteiger charge is 2.33. The van der Waals surface area contributed by atoms with Gasteiger partial charge in [0, 0.05) is 34.6 Å². The molecule has 1 saturated carbocycles. The molecular formula is C29H29Cl2FN2O2. The SMILES string of the molecule is O=C(NC1CCCC1)[C@@H](Cc1ccccc1)N(Cc1c(Cl)cccc1Cl)C(=O)Cc1ccccc1F. The van der Waals surface area contributed by atoms with Crippen LogP contribution in [0.4, 0.5) is 4.39 Å². The van der Waals surface area contributed by atoms with Gasteiger partial charge in [-0.25, -0.2) is 4.39 Å². The van der Waals surface area contributed by atoms with Crippen molar-refractivity contribution in [2.45, 2.75) is 57.2 Å². The van der Waals surface area contributed by atoms with E-state index in [0.29, 0.717) is 22.0 Å². The summed E-state index contributed by atoms with van der Waals surface area (Å²) >= 11 is 12.9. The van der Waals surface area contributed by atoms with Crippen LogP contribution in [0.3, 0.4) is 0 Å². The van der Waals surface area contributed by atoms with E-state index in [-0.39, 0.29) is 36.4 Å². The molecule has 1 aliphatic carbocycles. The van der Waals surface area contributed by atoms with Crippen molar-refractivity contribution < 1.29 is 14.0 Å². The third-order valence-corrected chi connectivity index (χ3v) is 7.37. The molecule has 36 heavy (non-hydrogen) atoms. The molecule has 0 spiro atoms. The van der Waals surface area contributed by atoms with Crippen LogP contribution >= 0.6 is 23.2 Å². The maximum absolute atomic E-state index is 14.5. The quantitative estimate of drug-likeness (QED) is 0.352. The minimum Gasteiger partial charge on any atom is -0.352 e. The minimum atomic E-state index is -0.820. The number of amides is 2. The van der Waals surface area contributed by atoms with Gasteiger partial charge in [0.15, 0.2) is 0 Å². The largest absolute Gasteiger partial charge is 0.352 e. The summed E-state index contributed by atoms with van der Waals surface area (Å²) in [7, 11) is 0. The molecule has 188 valence electrons. The molecule has 0 aromatic heterocycles. The fourth-order valence-electron chi connectivity index (χ4n) is 4.68. The summed E-state index contributed by atoms with van der Waals surface area (Å²) in [6.07, 6.45) is 4.10. The van der Waals surface area contributed by atoms with Crippen LogP contribution in [0.25, 0.3) is 0 Å². The Kier molecular flexibility index (Phi) is 9.00. The summed E-state index contributed by atoms with van der Waals surface area (Å²) in [6.45, 7) is 0.0291. The molecule has 2 amide bonds. The zero-order valence-electron chi connectivity index (χ0n) is 19.9. The Bertz CT molecular complexity index is 1180. The molecule has 4 nitrogen and oxygen atoms in total. The molecule has 1 fully saturated rings. The van der Waals surface area contributed by atoms with Crippen molar-refractivity contribution in [2.24, 2.45) is 0 Å². The summed E-state index contributed by atoms with van der Waals surface area (Å²) in [4.78, 5) is 28.9. The second kappa shape index (κ2) is 12.4. The van der Waals surface area contributed by atoms with Crippen molar-refractivity contribution in [3.8, 4) is 0 Å². The highest BCUT2D eigenvalue weighted by Crippen LogP contribution is 2.28. The summed E-state index contributed by atoms with van der Waals surface area (Å²) in [5.41, 5.74) is 1.74. The molecule has 0 aliphatic heterocycles. The second-order valence-electron chi connectivity index (χ2n) is 9.19. The van der Waals surface area contributed by atoms with E-state index in [1.54, 1.807) is 36.4 Å². The number of rotatable bonds is 9. The molecule has 1 aliphatic rings. The predicted molar refractivity (Wildman–Crippen MR) is 141 cm³/mol. The molecule has 0 bridgehead atoms. The Morgan fingerprint density at radius 3 is 2.22 bits per heavy atom. The monoisotopic (exact) mass is 526 g/mol. The second-order valence-corrected chi connectivity index (χ2v) is 10.00. The first kappa shape index (κ1) is 26.2. The number of hydrogen-bond acceptors (Lipinski definition) is 2. The van der Waals surface area contributed by atoms with E-state index < -0.39 is 11.9 Å². The van der Waals surface area contributed by atoms with Crippen LogP contribution < -0.4 is 5.32 Å². The maximum Gasteiger partial charge on any atom is 0.243 e. The number of nitrogens with one attached hydrogen (secondary N) is 1. The van der Waals surface area contributed by atoms with Crippen LogP contribution in [0.5, 0.6) is 0 Å². The molecule has 0 heterocycles. The van der Waals surface area contributed by atoms with Crippen LogP contribution in [0.15, 0.2) is 72.8 Å². The first-order valence-electron chi connectivity index (χ1n) is 12.2. The number of carbonyl (C=O) groups excluding carboxylic acids is 2. The van der Waals surface area contributed by atoms with Crippen molar-refractivity contribution in [1.29, 1.82) is 0 Å². The summed E-state index contributed by atoms with van der Waals surface area (Å²) in [6, 6.07) is 20.1. The number of nitrogens with zero attached hydrogens (tertiary/aromatic N) is 1. The minimum absolute atomic E-state index is 0.0291. The molecule has 3 aromatic rings. The van der Waals surface area contributed by atoms with Gasteiger partial charge in [0.2, 0.25) is 11.8 Å². The maximum atomic E-state index is 14.5. The van der Waals surface area contributed by atoms with Crippen molar-refractivity contribution in [3.05, 3.63) is 105 Å². The number of halogens is 3. The lowest BCUT2D eigenvalue weighted by molar-refractivity contribution is -0.141. The topological polar surface area (TPSA) is 49.4 Å². The van der Waals surface area contributed by atoms with E-state index in [2.05, 4.69) is 5.32 Å². The highest BCUT2D eigenvalue weighted by molar-refractivity contribution is 6.36. The van der Waals surface area contributed by atoms with Crippen LogP contribution in [-0.4, -0.2) is 28.8 Å². The molecule has 7 heteroatoms. The molecule has 0 unspecified atom stereocenters. The fourth-order valence-corrected chi connectivity index (χ4v) is 5.20. The Labute approximate surface area is 221 Å². The Hall–Kier alpha value is -2.89. The third kappa shape index (κ3) is 6.65. The van der Waals surface area contributed by atoms with Crippen LogP contribution in [0.1, 0.15) is 42.4 Å². The summed E-state index contributed by atoms with van der Waals surface area (Å²) in [5, 5.41) is 3.96. The van der Waals surface area contributed by atoms with E-state index >= 15 is 0 Å². The van der Waals surface area contributed by atoms with Crippen LogP contribution in [-0.2, 0) is 29.0 Å². The van der Waals surface area contributed by atoms with Gasteiger partial charge in [-0.3, -0.25) is 9.59 Å². The third-order valence-electron chi connectivity index (χ3n) is 6.66. The standard InChI is InChI=1S/C29H29Cl2FN2O2/c30-24-14-8-15-25(31)23(24)19-34(28(35)18-21-11-4-7-16-26(21)32)27(17-20-9-2-1-3-10-20)29(36)33-22-12-5-6-13-22/h1-4,7-11,14-16,22,27H,5-6,12-13,17-19H2,(H,33,36)/t27-/m1/s1. The van der Waals surface area contributed by atoms with E-state index in [0.717, 1.165) is 31.2 Å². The average molecular weight is 527 g/mol. The van der Waals surface area contributed by atoms with Gasteiger partial charge in [-0.2, -0.15) is 0 Å². The van der Waals surface area contributed by atoms with Crippen LogP contribution in [0, 0.1) is 5.82 Å². The Balaban J connectivity index is 1.71. The van der Waals surface area contributed by atoms with Gasteiger partial charge in [0.1, 0.15) is 11.9 Å². The molecule has 1 atom stereocenters. The lowest BCUT2D eigenvalue weighted by atomic mass is 10.0. The van der Waals surface area contributed by atoms with Crippen molar-refractivity contribution in [3.63, 3.8) is 0 Å². The Morgan fingerprint density at radius 2 is 1.56 bits per heavy atom.